The molecule has 3 rings (SSSR count). The molecule has 1 saturated carbocycles. The third-order valence-electron chi connectivity index (χ3n) is 4.32. The van der Waals surface area contributed by atoms with Gasteiger partial charge in [-0.25, -0.2) is 0 Å². The van der Waals surface area contributed by atoms with Crippen molar-refractivity contribution in [1.29, 1.82) is 0 Å². The van der Waals surface area contributed by atoms with Crippen molar-refractivity contribution in [2.75, 3.05) is 6.61 Å². The number of ketones is 1. The summed E-state index contributed by atoms with van der Waals surface area (Å²) in [6, 6.07) is 5.82. The summed E-state index contributed by atoms with van der Waals surface area (Å²) in [5.74, 6) is 0.822. The van der Waals surface area contributed by atoms with Crippen LogP contribution in [0.5, 0.6) is 5.75 Å². The van der Waals surface area contributed by atoms with Crippen molar-refractivity contribution in [3.8, 4) is 5.75 Å². The fourth-order valence-corrected chi connectivity index (χ4v) is 3.20. The van der Waals surface area contributed by atoms with Gasteiger partial charge in [-0.3, -0.25) is 9.59 Å². The van der Waals surface area contributed by atoms with Crippen LogP contribution in [-0.4, -0.2) is 24.3 Å². The lowest BCUT2D eigenvalue weighted by atomic mass is 9.91. The van der Waals surface area contributed by atoms with Crippen LogP contribution in [0.3, 0.4) is 0 Å². The van der Waals surface area contributed by atoms with Crippen LogP contribution >= 0.6 is 0 Å². The van der Waals surface area contributed by atoms with Gasteiger partial charge in [0.15, 0.2) is 12.4 Å². The van der Waals surface area contributed by atoms with Gasteiger partial charge in [-0.15, -0.1) is 0 Å². The summed E-state index contributed by atoms with van der Waals surface area (Å²) in [6.45, 7) is 0.0449. The number of ether oxygens (including phenoxy) is 1. The maximum absolute atomic E-state index is 11.8. The van der Waals surface area contributed by atoms with Gasteiger partial charge in [0.05, 0.1) is 0 Å². The van der Waals surface area contributed by atoms with Crippen LogP contribution in [0, 0.1) is 0 Å². The molecule has 1 aromatic rings. The van der Waals surface area contributed by atoms with E-state index in [1.54, 1.807) is 6.07 Å². The number of aryl methyl sites for hydroxylation is 1. The number of hydrogen-bond donors (Lipinski definition) is 1. The fourth-order valence-electron chi connectivity index (χ4n) is 3.20. The summed E-state index contributed by atoms with van der Waals surface area (Å²) in [6.07, 6.45) is 7.00. The van der Waals surface area contributed by atoms with Crippen LogP contribution in [0.15, 0.2) is 18.2 Å². The van der Waals surface area contributed by atoms with E-state index in [2.05, 4.69) is 5.32 Å². The van der Waals surface area contributed by atoms with Gasteiger partial charge < -0.3 is 10.1 Å². The topological polar surface area (TPSA) is 55.4 Å². The van der Waals surface area contributed by atoms with Gasteiger partial charge in [0.1, 0.15) is 5.75 Å². The van der Waals surface area contributed by atoms with Crippen LogP contribution < -0.4 is 10.1 Å². The van der Waals surface area contributed by atoms with Gasteiger partial charge in [0, 0.05) is 18.0 Å². The summed E-state index contributed by atoms with van der Waals surface area (Å²) < 4.78 is 5.56. The summed E-state index contributed by atoms with van der Waals surface area (Å²) in [7, 11) is 0. The second kappa shape index (κ2) is 6.29. The molecule has 1 amide bonds. The molecule has 2 aliphatic rings. The molecule has 0 aromatic heterocycles. The molecule has 1 fully saturated rings. The molecule has 4 heteroatoms. The molecule has 2 aliphatic carbocycles. The minimum atomic E-state index is -0.0595. The molecule has 0 radical (unpaired) electrons. The number of fused-ring (bicyclic) bond motifs is 1. The van der Waals surface area contributed by atoms with E-state index >= 15 is 0 Å². The maximum Gasteiger partial charge on any atom is 0.258 e. The quantitative estimate of drug-likeness (QED) is 0.926. The number of rotatable bonds is 4. The van der Waals surface area contributed by atoms with E-state index < -0.39 is 0 Å². The smallest absolute Gasteiger partial charge is 0.258 e. The Labute approximate surface area is 124 Å². The van der Waals surface area contributed by atoms with Gasteiger partial charge in [0.25, 0.3) is 5.91 Å². The van der Waals surface area contributed by atoms with Crippen molar-refractivity contribution >= 4 is 11.7 Å². The molecule has 0 unspecified atom stereocenters. The number of nitrogens with one attached hydrogen (secondary N) is 1. The Bertz CT molecular complexity index is 547. The van der Waals surface area contributed by atoms with Crippen molar-refractivity contribution in [3.63, 3.8) is 0 Å². The highest BCUT2D eigenvalue weighted by Gasteiger charge is 2.19. The highest BCUT2D eigenvalue weighted by atomic mass is 16.5. The van der Waals surface area contributed by atoms with E-state index in [-0.39, 0.29) is 18.3 Å². The summed E-state index contributed by atoms with van der Waals surface area (Å²) >= 11 is 0. The molecular formula is C17H21NO3. The molecule has 1 N–H and O–H groups in total. The zero-order chi connectivity index (χ0) is 14.7. The predicted octanol–water partition coefficient (Wildman–Crippen LogP) is 2.64. The van der Waals surface area contributed by atoms with E-state index in [1.807, 2.05) is 12.1 Å². The van der Waals surface area contributed by atoms with E-state index in [4.69, 9.17) is 4.74 Å². The van der Waals surface area contributed by atoms with Gasteiger partial charge in [-0.1, -0.05) is 12.8 Å². The SMILES string of the molecule is O=C(COc1ccc2c(c1)CCCC2=O)NC1CCCC1. The first-order valence-electron chi connectivity index (χ1n) is 7.80. The monoisotopic (exact) mass is 287 g/mol. The molecule has 0 bridgehead atoms. The first kappa shape index (κ1) is 14.1. The molecule has 0 saturated heterocycles. The number of hydrogen-bond acceptors (Lipinski definition) is 3. The van der Waals surface area contributed by atoms with Gasteiger partial charge in [-0.05, 0) is 49.4 Å². The lowest BCUT2D eigenvalue weighted by molar-refractivity contribution is -0.123. The molecule has 0 aliphatic heterocycles. The third kappa shape index (κ3) is 3.43. The first-order chi connectivity index (χ1) is 10.2. The molecular weight excluding hydrogens is 266 g/mol. The van der Waals surface area contributed by atoms with Crippen LogP contribution in [0.25, 0.3) is 0 Å². The van der Waals surface area contributed by atoms with Gasteiger partial charge in [0.2, 0.25) is 0 Å². The second-order valence-electron chi connectivity index (χ2n) is 5.93. The average molecular weight is 287 g/mol. The zero-order valence-corrected chi connectivity index (χ0v) is 12.2. The maximum atomic E-state index is 11.8. The minimum Gasteiger partial charge on any atom is -0.484 e. The number of carbonyl (C=O) groups is 2. The number of benzene rings is 1. The lowest BCUT2D eigenvalue weighted by Crippen LogP contribution is -2.36. The van der Waals surface area contributed by atoms with Crippen LogP contribution in [-0.2, 0) is 11.2 Å². The average Bonchev–Trinajstić information content (AvgIpc) is 2.98. The number of Topliss-reactive ketones (excluding diaryl/α,β-unsaturated/α-hetero) is 1. The molecule has 0 atom stereocenters. The van der Waals surface area contributed by atoms with Crippen LogP contribution in [0.4, 0.5) is 0 Å². The van der Waals surface area contributed by atoms with E-state index in [1.165, 1.54) is 12.8 Å². The highest BCUT2D eigenvalue weighted by Crippen LogP contribution is 2.25. The molecule has 21 heavy (non-hydrogen) atoms. The standard InChI is InChI=1S/C17H21NO3/c19-16-7-3-4-12-10-14(8-9-15(12)16)21-11-17(20)18-13-5-1-2-6-13/h8-10,13H,1-7,11H2,(H,18,20). The van der Waals surface area contributed by atoms with Crippen molar-refractivity contribution in [2.45, 2.75) is 51.0 Å². The van der Waals surface area contributed by atoms with Crippen LogP contribution in [0.2, 0.25) is 0 Å². The van der Waals surface area contributed by atoms with Gasteiger partial charge in [-0.2, -0.15) is 0 Å². The lowest BCUT2D eigenvalue weighted by Gasteiger charge is -2.16. The molecule has 1 aromatic carbocycles. The summed E-state index contributed by atoms with van der Waals surface area (Å²) in [5, 5.41) is 3.00. The van der Waals surface area contributed by atoms with Crippen molar-refractivity contribution in [3.05, 3.63) is 29.3 Å². The highest BCUT2D eigenvalue weighted by molar-refractivity contribution is 5.98. The van der Waals surface area contributed by atoms with Crippen molar-refractivity contribution in [1.82, 2.24) is 5.32 Å². The van der Waals surface area contributed by atoms with E-state index in [0.717, 1.165) is 36.8 Å². The predicted molar refractivity (Wildman–Crippen MR) is 79.6 cm³/mol. The molecule has 0 spiro atoms. The van der Waals surface area contributed by atoms with E-state index in [9.17, 15) is 9.59 Å². The van der Waals surface area contributed by atoms with E-state index in [0.29, 0.717) is 18.2 Å². The van der Waals surface area contributed by atoms with Gasteiger partial charge >= 0.3 is 0 Å². The molecule has 0 heterocycles. The normalized spacial score (nSPS) is 18.4. The zero-order valence-electron chi connectivity index (χ0n) is 12.2. The number of amides is 1. The Morgan fingerprint density at radius 2 is 2.00 bits per heavy atom. The summed E-state index contributed by atoms with van der Waals surface area (Å²) in [5.41, 5.74) is 1.85. The number of carbonyl (C=O) groups excluding carboxylic acids is 2. The van der Waals surface area contributed by atoms with Crippen molar-refractivity contribution < 1.29 is 14.3 Å². The Morgan fingerprint density at radius 1 is 1.19 bits per heavy atom. The first-order valence-corrected chi connectivity index (χ1v) is 7.80. The Hall–Kier alpha value is -1.84. The minimum absolute atomic E-state index is 0.0449. The third-order valence-corrected chi connectivity index (χ3v) is 4.32. The van der Waals surface area contributed by atoms with Crippen molar-refractivity contribution in [2.24, 2.45) is 0 Å². The Kier molecular flexibility index (Phi) is 4.23. The fraction of sp³-hybridized carbons (Fsp3) is 0.529. The molecule has 4 nitrogen and oxygen atoms in total. The Balaban J connectivity index is 1.55. The second-order valence-corrected chi connectivity index (χ2v) is 5.93. The van der Waals surface area contributed by atoms with Crippen LogP contribution in [0.1, 0.15) is 54.4 Å². The largest absolute Gasteiger partial charge is 0.484 e. The Morgan fingerprint density at radius 3 is 2.81 bits per heavy atom. The summed E-state index contributed by atoms with van der Waals surface area (Å²) in [4.78, 5) is 23.6. The molecule has 112 valence electrons.